The van der Waals surface area contributed by atoms with Gasteiger partial charge >= 0.3 is 0 Å². The van der Waals surface area contributed by atoms with Crippen molar-refractivity contribution in [2.75, 3.05) is 53.2 Å². The van der Waals surface area contributed by atoms with Crippen molar-refractivity contribution >= 4 is 53.3 Å². The highest BCUT2D eigenvalue weighted by Crippen LogP contribution is 2.28. The van der Waals surface area contributed by atoms with E-state index < -0.39 is 35.6 Å². The zero-order valence-corrected chi connectivity index (χ0v) is 35.6. The monoisotopic (exact) mass is 872 g/mol. The second-order valence-electron chi connectivity index (χ2n) is 14.2. The maximum Gasteiger partial charge on any atom is 0.261 e. The van der Waals surface area contributed by atoms with Gasteiger partial charge in [0.25, 0.3) is 11.8 Å². The number of hydrogen-bond acceptors (Lipinski definition) is 13. The Hall–Kier alpha value is -6.50. The largest absolute Gasteiger partial charge is 0.497 e. The van der Waals surface area contributed by atoms with E-state index in [4.69, 9.17) is 36.0 Å². The Morgan fingerprint density at radius 2 is 1.69 bits per heavy atom. The van der Waals surface area contributed by atoms with Gasteiger partial charge in [0.15, 0.2) is 6.61 Å². The van der Waals surface area contributed by atoms with Crippen molar-refractivity contribution < 1.29 is 47.7 Å². The summed E-state index contributed by atoms with van der Waals surface area (Å²) in [6, 6.07) is 15.9. The van der Waals surface area contributed by atoms with E-state index in [-0.39, 0.29) is 94.7 Å². The molecule has 3 aromatic carbocycles. The van der Waals surface area contributed by atoms with Crippen molar-refractivity contribution in [3.05, 3.63) is 99.6 Å². The molecule has 2 unspecified atom stereocenters. The predicted octanol–water partition coefficient (Wildman–Crippen LogP) is 2.89. The molecule has 5 rings (SSSR count). The van der Waals surface area contributed by atoms with Gasteiger partial charge in [0.1, 0.15) is 29.2 Å². The first kappa shape index (κ1) is 46.6. The SMILES string of the molecule is COc1ccc(-n2c(C)nnc2CC(C)C(=O)NCCOCCOCCNC(=O)COc2cccc(C(=O)N(C=O)C3CCC(=O)NC3=O)c2C)c(C(=N)c2ccc(Cl)cc2)c1. The maximum absolute atomic E-state index is 13.2. The van der Waals surface area contributed by atoms with Crippen LogP contribution < -0.4 is 25.4 Å². The molecule has 328 valence electrons. The lowest BCUT2D eigenvalue weighted by Gasteiger charge is -2.28. The van der Waals surface area contributed by atoms with Crippen LogP contribution in [0, 0.1) is 25.2 Å². The third kappa shape index (κ3) is 12.1. The van der Waals surface area contributed by atoms with E-state index in [0.717, 1.165) is 4.90 Å². The van der Waals surface area contributed by atoms with E-state index in [9.17, 15) is 28.8 Å². The third-order valence-electron chi connectivity index (χ3n) is 9.93. The lowest BCUT2D eigenvalue weighted by Crippen LogP contribution is -2.53. The fraction of sp³-hybridized carbons (Fsp3) is 0.372. The summed E-state index contributed by atoms with van der Waals surface area (Å²) in [4.78, 5) is 74.9. The van der Waals surface area contributed by atoms with Gasteiger partial charge in [-0.15, -0.1) is 10.2 Å². The van der Waals surface area contributed by atoms with Crippen LogP contribution in [-0.2, 0) is 39.9 Å². The molecular formula is C43H49ClN8O10. The van der Waals surface area contributed by atoms with Gasteiger partial charge in [-0.25, -0.2) is 0 Å². The highest BCUT2D eigenvalue weighted by atomic mass is 35.5. The second kappa shape index (κ2) is 22.4. The number of nitrogens with one attached hydrogen (secondary N) is 4. The average molecular weight is 873 g/mol. The number of ether oxygens (including phenoxy) is 4. The van der Waals surface area contributed by atoms with Crippen LogP contribution in [0.1, 0.15) is 58.5 Å². The summed E-state index contributed by atoms with van der Waals surface area (Å²) in [5.74, 6) is -1.03. The minimum atomic E-state index is -1.12. The fourth-order valence-electron chi connectivity index (χ4n) is 6.58. The number of carbonyl (C=O) groups is 6. The first-order chi connectivity index (χ1) is 29.8. The van der Waals surface area contributed by atoms with Crippen LogP contribution in [-0.4, -0.2) is 121 Å². The molecule has 6 amide bonds. The Morgan fingerprint density at radius 1 is 0.984 bits per heavy atom. The second-order valence-corrected chi connectivity index (χ2v) is 14.7. The highest BCUT2D eigenvalue weighted by Gasteiger charge is 2.35. The zero-order valence-electron chi connectivity index (χ0n) is 34.8. The van der Waals surface area contributed by atoms with Gasteiger partial charge in [-0.05, 0) is 62.7 Å². The summed E-state index contributed by atoms with van der Waals surface area (Å²) in [5.41, 5.74) is 2.66. The summed E-state index contributed by atoms with van der Waals surface area (Å²) in [6.07, 6.45) is 0.566. The smallest absolute Gasteiger partial charge is 0.261 e. The molecule has 0 saturated carbocycles. The number of benzene rings is 3. The number of aromatic nitrogens is 3. The molecule has 1 aliphatic heterocycles. The molecular weight excluding hydrogens is 824 g/mol. The Balaban J connectivity index is 0.982. The molecule has 1 aromatic heterocycles. The number of hydrogen-bond donors (Lipinski definition) is 4. The number of nitrogens with zero attached hydrogens (tertiary/aromatic N) is 4. The molecule has 19 heteroatoms. The van der Waals surface area contributed by atoms with Crippen molar-refractivity contribution in [1.82, 2.24) is 35.6 Å². The first-order valence-corrected chi connectivity index (χ1v) is 20.2. The van der Waals surface area contributed by atoms with Gasteiger partial charge in [-0.2, -0.15) is 0 Å². The Labute approximate surface area is 363 Å². The van der Waals surface area contributed by atoms with E-state index >= 15 is 0 Å². The molecule has 2 heterocycles. The zero-order chi connectivity index (χ0) is 44.8. The number of carbonyl (C=O) groups excluding carboxylic acids is 6. The van der Waals surface area contributed by atoms with Crippen LogP contribution >= 0.6 is 11.6 Å². The number of aryl methyl sites for hydroxylation is 1. The molecule has 4 N–H and O–H groups in total. The highest BCUT2D eigenvalue weighted by molar-refractivity contribution is 6.30. The predicted molar refractivity (Wildman–Crippen MR) is 226 cm³/mol. The van der Waals surface area contributed by atoms with E-state index in [2.05, 4.69) is 26.1 Å². The summed E-state index contributed by atoms with van der Waals surface area (Å²) >= 11 is 6.09. The van der Waals surface area contributed by atoms with Gasteiger partial charge in [0, 0.05) is 59.1 Å². The van der Waals surface area contributed by atoms with Crippen molar-refractivity contribution in [3.8, 4) is 17.2 Å². The number of amides is 6. The Bertz CT molecular complexity index is 2280. The molecule has 1 aliphatic rings. The van der Waals surface area contributed by atoms with Gasteiger partial charge in [-0.3, -0.25) is 49.0 Å². The summed E-state index contributed by atoms with van der Waals surface area (Å²) in [7, 11) is 1.56. The number of methoxy groups -OCH3 is 1. The lowest BCUT2D eigenvalue weighted by molar-refractivity contribution is -0.139. The molecule has 0 bridgehead atoms. The molecule has 0 spiro atoms. The average Bonchev–Trinajstić information content (AvgIpc) is 3.62. The van der Waals surface area contributed by atoms with Crippen LogP contribution in [0.15, 0.2) is 60.7 Å². The number of imide groups is 2. The van der Waals surface area contributed by atoms with E-state index in [0.29, 0.717) is 44.8 Å². The molecule has 1 fully saturated rings. The van der Waals surface area contributed by atoms with E-state index in [1.54, 1.807) is 63.4 Å². The van der Waals surface area contributed by atoms with Crippen LogP contribution in [0.25, 0.3) is 5.69 Å². The third-order valence-corrected chi connectivity index (χ3v) is 10.2. The minimum absolute atomic E-state index is 0.00160. The standard InChI is InChI=1S/C43H49ClN8O10/c1-26(22-37-50-49-28(3)52(37)34-13-12-31(59-4)23-33(34)40(45)29-8-10-30(44)11-9-29)41(56)47-17-19-61-21-20-60-18-16-46-39(55)24-62-36-7-5-6-32(27(36)2)43(58)51(25-53)35-14-15-38(54)48-42(35)57/h5-13,23,25-26,35,45H,14-22,24H2,1-4H3,(H,46,55)(H,47,56)(H,48,54,57). The molecule has 2 atom stereocenters. The van der Waals surface area contributed by atoms with Crippen molar-refractivity contribution in [2.45, 2.75) is 46.1 Å². The minimum Gasteiger partial charge on any atom is -0.497 e. The maximum atomic E-state index is 13.2. The van der Waals surface area contributed by atoms with Crippen LogP contribution in [0.3, 0.4) is 0 Å². The topological polar surface area (TPSA) is 233 Å². The normalized spacial score (nSPS) is 14.0. The van der Waals surface area contributed by atoms with E-state index in [1.165, 1.54) is 12.1 Å². The van der Waals surface area contributed by atoms with Gasteiger partial charge < -0.3 is 29.6 Å². The Kier molecular flexibility index (Phi) is 16.8. The molecule has 4 aromatic rings. The van der Waals surface area contributed by atoms with E-state index in [1.807, 2.05) is 17.6 Å². The van der Waals surface area contributed by atoms with Crippen LogP contribution in [0.4, 0.5) is 0 Å². The number of halogens is 1. The fourth-order valence-corrected chi connectivity index (χ4v) is 6.71. The van der Waals surface area contributed by atoms with Gasteiger partial charge in [-0.1, -0.05) is 36.7 Å². The van der Waals surface area contributed by atoms with Crippen LogP contribution in [0.2, 0.25) is 5.02 Å². The number of rotatable bonds is 22. The van der Waals surface area contributed by atoms with Gasteiger partial charge in [0.2, 0.25) is 24.1 Å². The number of piperidine rings is 1. The van der Waals surface area contributed by atoms with Gasteiger partial charge in [0.05, 0.1) is 44.9 Å². The molecule has 62 heavy (non-hydrogen) atoms. The van der Waals surface area contributed by atoms with Crippen molar-refractivity contribution in [3.63, 3.8) is 0 Å². The first-order valence-electron chi connectivity index (χ1n) is 19.8. The summed E-state index contributed by atoms with van der Waals surface area (Å²) in [6.45, 7) is 6.31. The van der Waals surface area contributed by atoms with Crippen molar-refractivity contribution in [1.29, 1.82) is 5.41 Å². The Morgan fingerprint density at radius 3 is 2.37 bits per heavy atom. The summed E-state index contributed by atoms with van der Waals surface area (Å²) in [5, 5.41) is 25.9. The molecule has 18 nitrogen and oxygen atoms in total. The molecule has 1 saturated heterocycles. The quantitative estimate of drug-likeness (QED) is 0.0387. The summed E-state index contributed by atoms with van der Waals surface area (Å²) < 4.78 is 24.0. The molecule has 0 radical (unpaired) electrons. The molecule has 0 aliphatic carbocycles. The van der Waals surface area contributed by atoms with Crippen molar-refractivity contribution in [2.24, 2.45) is 5.92 Å². The lowest BCUT2D eigenvalue weighted by atomic mass is 9.99. The van der Waals surface area contributed by atoms with Crippen LogP contribution in [0.5, 0.6) is 11.5 Å².